The van der Waals surface area contributed by atoms with Gasteiger partial charge in [-0.25, -0.2) is 0 Å². The van der Waals surface area contributed by atoms with Crippen molar-refractivity contribution in [3.63, 3.8) is 0 Å². The predicted molar refractivity (Wildman–Crippen MR) is 49.3 cm³/mol. The topological polar surface area (TPSA) is 58.9 Å². The lowest BCUT2D eigenvalue weighted by molar-refractivity contribution is 0.343. The lowest BCUT2D eigenvalue weighted by atomic mass is 9.79. The van der Waals surface area contributed by atoms with Gasteiger partial charge < -0.3 is 19.5 Å². The van der Waals surface area contributed by atoms with Crippen LogP contribution in [0.3, 0.4) is 0 Å². The first-order chi connectivity index (χ1) is 7.02. The molecule has 0 spiro atoms. The van der Waals surface area contributed by atoms with E-state index in [-0.39, 0.29) is 5.46 Å². The minimum absolute atomic E-state index is 0.298. The van der Waals surface area contributed by atoms with E-state index in [9.17, 15) is 8.78 Å². The van der Waals surface area contributed by atoms with Crippen molar-refractivity contribution in [3.05, 3.63) is 17.7 Å². The standard InChI is InChI=1S/C8H9BF2O4/c1-14-5-3-4(9(12)13)8(15-2)7(11)6(5)10/h3,12-13H,1-2H3. The van der Waals surface area contributed by atoms with E-state index in [0.29, 0.717) is 0 Å². The van der Waals surface area contributed by atoms with Crippen LogP contribution < -0.4 is 14.9 Å². The average Bonchev–Trinajstić information content (AvgIpc) is 2.21. The molecule has 4 nitrogen and oxygen atoms in total. The highest BCUT2D eigenvalue weighted by Crippen LogP contribution is 2.25. The highest BCUT2D eigenvalue weighted by atomic mass is 19.2. The van der Waals surface area contributed by atoms with E-state index in [4.69, 9.17) is 10.0 Å². The molecule has 82 valence electrons. The summed E-state index contributed by atoms with van der Waals surface area (Å²) in [7, 11) is 0.262. The summed E-state index contributed by atoms with van der Waals surface area (Å²) in [4.78, 5) is 0. The van der Waals surface area contributed by atoms with Crippen molar-refractivity contribution in [2.75, 3.05) is 14.2 Å². The van der Waals surface area contributed by atoms with Gasteiger partial charge in [0, 0.05) is 5.46 Å². The summed E-state index contributed by atoms with van der Waals surface area (Å²) in [5.41, 5.74) is -0.298. The Hall–Kier alpha value is -1.34. The molecule has 0 fully saturated rings. The molecule has 7 heteroatoms. The third kappa shape index (κ3) is 2.03. The molecule has 0 aromatic heterocycles. The Morgan fingerprint density at radius 1 is 1.13 bits per heavy atom. The number of halogens is 2. The molecule has 1 aromatic carbocycles. The van der Waals surface area contributed by atoms with E-state index in [2.05, 4.69) is 9.47 Å². The molecule has 2 N–H and O–H groups in total. The summed E-state index contributed by atoms with van der Waals surface area (Å²) in [6.45, 7) is 0. The Morgan fingerprint density at radius 3 is 2.13 bits per heavy atom. The summed E-state index contributed by atoms with van der Waals surface area (Å²) >= 11 is 0. The largest absolute Gasteiger partial charge is 0.494 e. The molecule has 15 heavy (non-hydrogen) atoms. The normalized spacial score (nSPS) is 10.0. The van der Waals surface area contributed by atoms with Gasteiger partial charge in [0.1, 0.15) is 0 Å². The van der Waals surface area contributed by atoms with Crippen LogP contribution in [0.2, 0.25) is 0 Å². The SMILES string of the molecule is COc1cc(B(O)O)c(OC)c(F)c1F. The Labute approximate surface area is 85.2 Å². The van der Waals surface area contributed by atoms with Crippen molar-refractivity contribution in [2.24, 2.45) is 0 Å². The lowest BCUT2D eigenvalue weighted by Crippen LogP contribution is -2.32. The highest BCUT2D eigenvalue weighted by Gasteiger charge is 2.26. The third-order valence-electron chi connectivity index (χ3n) is 1.86. The summed E-state index contributed by atoms with van der Waals surface area (Å²) in [6.07, 6.45) is 0. The van der Waals surface area contributed by atoms with Crippen molar-refractivity contribution < 1.29 is 28.3 Å². The van der Waals surface area contributed by atoms with Gasteiger partial charge in [0.15, 0.2) is 11.5 Å². The predicted octanol–water partition coefficient (Wildman–Crippen LogP) is -0.338. The number of hydrogen-bond donors (Lipinski definition) is 2. The molecule has 0 atom stereocenters. The average molecular weight is 218 g/mol. The summed E-state index contributed by atoms with van der Waals surface area (Å²) in [5.74, 6) is -3.53. The molecule has 0 saturated heterocycles. The molecule has 0 aliphatic heterocycles. The second-order valence-electron chi connectivity index (χ2n) is 2.70. The summed E-state index contributed by atoms with van der Waals surface area (Å²) in [6, 6.07) is 0.960. The maximum atomic E-state index is 13.3. The summed E-state index contributed by atoms with van der Waals surface area (Å²) in [5, 5.41) is 17.8. The van der Waals surface area contributed by atoms with Crippen LogP contribution >= 0.6 is 0 Å². The first kappa shape index (κ1) is 11.7. The van der Waals surface area contributed by atoms with Crippen LogP contribution in [0.25, 0.3) is 0 Å². The minimum Gasteiger partial charge on any atom is -0.494 e. The van der Waals surface area contributed by atoms with Gasteiger partial charge in [-0.2, -0.15) is 8.78 Å². The zero-order valence-electron chi connectivity index (χ0n) is 8.12. The van der Waals surface area contributed by atoms with Crippen molar-refractivity contribution in [2.45, 2.75) is 0 Å². The number of rotatable bonds is 3. The molecule has 0 aliphatic carbocycles. The fraction of sp³-hybridized carbons (Fsp3) is 0.250. The maximum Gasteiger partial charge on any atom is 0.492 e. The Balaban J connectivity index is 3.44. The monoisotopic (exact) mass is 218 g/mol. The smallest absolute Gasteiger partial charge is 0.492 e. The van der Waals surface area contributed by atoms with Crippen LogP contribution in [0, 0.1) is 11.6 Å². The number of ether oxygens (including phenoxy) is 2. The molecule has 0 unspecified atom stereocenters. The molecule has 0 radical (unpaired) electrons. The van der Waals surface area contributed by atoms with Crippen LogP contribution in [0.15, 0.2) is 6.07 Å². The molecule has 0 bridgehead atoms. The van der Waals surface area contributed by atoms with Gasteiger partial charge in [-0.05, 0) is 6.07 Å². The van der Waals surface area contributed by atoms with Gasteiger partial charge in [0.05, 0.1) is 14.2 Å². The molecule has 1 aromatic rings. The second-order valence-corrected chi connectivity index (χ2v) is 2.70. The Kier molecular flexibility index (Phi) is 3.49. The first-order valence-electron chi connectivity index (χ1n) is 3.99. The van der Waals surface area contributed by atoms with Crippen molar-refractivity contribution in [1.29, 1.82) is 0 Å². The van der Waals surface area contributed by atoms with Crippen LogP contribution in [0.4, 0.5) is 8.78 Å². The Bertz CT molecular complexity index is 370. The minimum atomic E-state index is -1.97. The van der Waals surface area contributed by atoms with E-state index >= 15 is 0 Å². The second kappa shape index (κ2) is 4.46. The molecular weight excluding hydrogens is 209 g/mol. The van der Waals surface area contributed by atoms with E-state index in [0.717, 1.165) is 20.3 Å². The Morgan fingerprint density at radius 2 is 1.73 bits per heavy atom. The van der Waals surface area contributed by atoms with Gasteiger partial charge in [-0.15, -0.1) is 0 Å². The zero-order valence-corrected chi connectivity index (χ0v) is 8.12. The van der Waals surface area contributed by atoms with E-state index in [1.807, 2.05) is 0 Å². The van der Waals surface area contributed by atoms with Crippen LogP contribution in [0.5, 0.6) is 11.5 Å². The quantitative estimate of drug-likeness (QED) is 0.681. The van der Waals surface area contributed by atoms with Gasteiger partial charge in [-0.3, -0.25) is 0 Å². The van der Waals surface area contributed by atoms with Gasteiger partial charge in [0.25, 0.3) is 0 Å². The highest BCUT2D eigenvalue weighted by molar-refractivity contribution is 6.59. The van der Waals surface area contributed by atoms with Crippen molar-refractivity contribution >= 4 is 12.6 Å². The maximum absolute atomic E-state index is 13.3. The van der Waals surface area contributed by atoms with Gasteiger partial charge in [0.2, 0.25) is 11.6 Å². The van der Waals surface area contributed by atoms with Crippen molar-refractivity contribution in [1.82, 2.24) is 0 Å². The van der Waals surface area contributed by atoms with Gasteiger partial charge >= 0.3 is 7.12 Å². The van der Waals surface area contributed by atoms with Crippen molar-refractivity contribution in [3.8, 4) is 11.5 Å². The fourth-order valence-corrected chi connectivity index (χ4v) is 1.15. The zero-order chi connectivity index (χ0) is 11.6. The van der Waals surface area contributed by atoms with Crippen LogP contribution in [-0.4, -0.2) is 31.4 Å². The third-order valence-corrected chi connectivity index (χ3v) is 1.86. The molecular formula is C8H9BF2O4. The molecule has 0 amide bonds. The first-order valence-corrected chi connectivity index (χ1v) is 3.99. The summed E-state index contributed by atoms with van der Waals surface area (Å²) < 4.78 is 35.5. The number of benzene rings is 1. The molecule has 0 saturated carbocycles. The van der Waals surface area contributed by atoms with E-state index in [1.165, 1.54) is 0 Å². The molecule has 0 aliphatic rings. The van der Waals surface area contributed by atoms with Crippen LogP contribution in [0.1, 0.15) is 0 Å². The fourth-order valence-electron chi connectivity index (χ4n) is 1.15. The van der Waals surface area contributed by atoms with Crippen LogP contribution in [-0.2, 0) is 0 Å². The van der Waals surface area contributed by atoms with E-state index < -0.39 is 30.3 Å². The number of methoxy groups -OCH3 is 2. The molecule has 1 rings (SSSR count). The van der Waals surface area contributed by atoms with Gasteiger partial charge in [-0.1, -0.05) is 0 Å². The lowest BCUT2D eigenvalue weighted by Gasteiger charge is -2.11. The number of hydrogen-bond acceptors (Lipinski definition) is 4. The molecule has 0 heterocycles. The van der Waals surface area contributed by atoms with E-state index in [1.54, 1.807) is 0 Å².